The normalized spacial score (nSPS) is 27.2. The Labute approximate surface area is 115 Å². The summed E-state index contributed by atoms with van der Waals surface area (Å²) in [7, 11) is 2.25. The smallest absolute Gasteiger partial charge is 0.0107 e. The van der Waals surface area contributed by atoms with Crippen LogP contribution in [0.5, 0.6) is 0 Å². The first-order valence-corrected chi connectivity index (χ1v) is 8.10. The minimum atomic E-state index is 0.713. The van der Waals surface area contributed by atoms with Crippen LogP contribution < -0.4 is 5.32 Å². The molecule has 2 heteroatoms. The average molecular weight is 254 g/mol. The number of hydrogen-bond donors (Lipinski definition) is 1. The van der Waals surface area contributed by atoms with E-state index in [-0.39, 0.29) is 0 Å². The highest BCUT2D eigenvalue weighted by Crippen LogP contribution is 2.25. The predicted molar refractivity (Wildman–Crippen MR) is 81.0 cm³/mol. The van der Waals surface area contributed by atoms with Crippen LogP contribution in [-0.4, -0.2) is 37.1 Å². The van der Waals surface area contributed by atoms with Gasteiger partial charge in [-0.1, -0.05) is 33.1 Å². The van der Waals surface area contributed by atoms with Gasteiger partial charge in [0.15, 0.2) is 0 Å². The third-order valence-electron chi connectivity index (χ3n) is 4.91. The number of likely N-dealkylation sites (N-methyl/N-ethyl adjacent to an activating group) is 1. The zero-order chi connectivity index (χ0) is 13.4. The Morgan fingerprint density at radius 3 is 2.61 bits per heavy atom. The van der Waals surface area contributed by atoms with Gasteiger partial charge >= 0.3 is 0 Å². The quantitative estimate of drug-likeness (QED) is 0.697. The molecule has 0 heterocycles. The van der Waals surface area contributed by atoms with Crippen LogP contribution in [0.25, 0.3) is 0 Å². The summed E-state index contributed by atoms with van der Waals surface area (Å²) in [5, 5.41) is 3.77. The number of nitrogens with zero attached hydrogens (tertiary/aromatic N) is 1. The van der Waals surface area contributed by atoms with Crippen LogP contribution in [0.1, 0.15) is 65.7 Å². The highest BCUT2D eigenvalue weighted by atomic mass is 15.1. The number of hydrogen-bond acceptors (Lipinski definition) is 2. The van der Waals surface area contributed by atoms with E-state index in [4.69, 9.17) is 0 Å². The van der Waals surface area contributed by atoms with E-state index in [1.54, 1.807) is 0 Å². The summed E-state index contributed by atoms with van der Waals surface area (Å²) in [6.07, 6.45) is 9.74. The number of nitrogens with one attached hydrogen (secondary N) is 1. The first kappa shape index (κ1) is 16.0. The van der Waals surface area contributed by atoms with Gasteiger partial charge < -0.3 is 10.2 Å². The standard InChI is InChI=1S/C16H34N2/c1-5-14(3)18(4)13-12-17-16-9-7-8-15(6-2)10-11-16/h14-17H,5-13H2,1-4H3. The molecule has 1 saturated carbocycles. The van der Waals surface area contributed by atoms with E-state index in [2.05, 4.69) is 38.0 Å². The summed E-state index contributed by atoms with van der Waals surface area (Å²) in [6, 6.07) is 1.50. The van der Waals surface area contributed by atoms with Gasteiger partial charge in [0.05, 0.1) is 0 Å². The number of rotatable bonds is 7. The van der Waals surface area contributed by atoms with Gasteiger partial charge in [0.1, 0.15) is 0 Å². The molecule has 3 unspecified atom stereocenters. The molecule has 0 bridgehead atoms. The first-order valence-electron chi connectivity index (χ1n) is 8.10. The van der Waals surface area contributed by atoms with Crippen molar-refractivity contribution in [2.75, 3.05) is 20.1 Å². The van der Waals surface area contributed by atoms with E-state index in [1.807, 2.05) is 0 Å². The second-order valence-corrected chi connectivity index (χ2v) is 6.17. The molecule has 1 N–H and O–H groups in total. The van der Waals surface area contributed by atoms with Gasteiger partial charge in [0, 0.05) is 25.2 Å². The van der Waals surface area contributed by atoms with Crippen molar-refractivity contribution in [1.29, 1.82) is 0 Å². The van der Waals surface area contributed by atoms with Crippen molar-refractivity contribution < 1.29 is 0 Å². The maximum atomic E-state index is 3.77. The molecule has 2 nitrogen and oxygen atoms in total. The van der Waals surface area contributed by atoms with Crippen molar-refractivity contribution in [1.82, 2.24) is 10.2 Å². The first-order chi connectivity index (χ1) is 8.67. The van der Waals surface area contributed by atoms with Crippen LogP contribution in [0.2, 0.25) is 0 Å². The molecule has 3 atom stereocenters. The Morgan fingerprint density at radius 2 is 1.94 bits per heavy atom. The fourth-order valence-electron chi connectivity index (χ4n) is 2.97. The van der Waals surface area contributed by atoms with Gasteiger partial charge in [-0.2, -0.15) is 0 Å². The lowest BCUT2D eigenvalue weighted by Crippen LogP contribution is -2.38. The Kier molecular flexibility index (Phi) is 7.92. The molecule has 0 radical (unpaired) electrons. The van der Waals surface area contributed by atoms with Gasteiger partial charge in [-0.25, -0.2) is 0 Å². The molecule has 0 aromatic carbocycles. The molecule has 0 spiro atoms. The molecule has 18 heavy (non-hydrogen) atoms. The summed E-state index contributed by atoms with van der Waals surface area (Å²) in [5.74, 6) is 1.000. The van der Waals surface area contributed by atoms with Crippen LogP contribution in [0.4, 0.5) is 0 Å². The van der Waals surface area contributed by atoms with Gasteiger partial charge in [-0.3, -0.25) is 0 Å². The predicted octanol–water partition coefficient (Wildman–Crippen LogP) is 3.67. The van der Waals surface area contributed by atoms with Gasteiger partial charge in [-0.15, -0.1) is 0 Å². The molecule has 0 saturated heterocycles. The lowest BCUT2D eigenvalue weighted by molar-refractivity contribution is 0.246. The van der Waals surface area contributed by atoms with Crippen molar-refractivity contribution in [2.24, 2.45) is 5.92 Å². The molecule has 1 aliphatic carbocycles. The van der Waals surface area contributed by atoms with Crippen LogP contribution in [0.3, 0.4) is 0 Å². The van der Waals surface area contributed by atoms with Crippen LogP contribution in [-0.2, 0) is 0 Å². The average Bonchev–Trinajstić information content (AvgIpc) is 2.62. The molecule has 0 aromatic rings. The van der Waals surface area contributed by atoms with E-state index >= 15 is 0 Å². The monoisotopic (exact) mass is 254 g/mol. The van der Waals surface area contributed by atoms with E-state index in [1.165, 1.54) is 51.5 Å². The molecule has 1 aliphatic rings. The van der Waals surface area contributed by atoms with Crippen molar-refractivity contribution in [3.05, 3.63) is 0 Å². The Bertz CT molecular complexity index is 205. The summed E-state index contributed by atoms with van der Waals surface area (Å²) in [6.45, 7) is 9.27. The van der Waals surface area contributed by atoms with E-state index in [0.29, 0.717) is 6.04 Å². The third kappa shape index (κ3) is 5.71. The Hall–Kier alpha value is -0.0800. The molecule has 108 valence electrons. The van der Waals surface area contributed by atoms with Gasteiger partial charge in [-0.05, 0) is 45.6 Å². The Balaban J connectivity index is 2.15. The lowest BCUT2D eigenvalue weighted by atomic mass is 9.98. The fraction of sp³-hybridized carbons (Fsp3) is 1.00. The maximum Gasteiger partial charge on any atom is 0.0107 e. The van der Waals surface area contributed by atoms with Crippen LogP contribution in [0.15, 0.2) is 0 Å². The third-order valence-corrected chi connectivity index (χ3v) is 4.91. The second kappa shape index (κ2) is 8.92. The van der Waals surface area contributed by atoms with Crippen molar-refractivity contribution in [2.45, 2.75) is 77.8 Å². The largest absolute Gasteiger partial charge is 0.313 e. The second-order valence-electron chi connectivity index (χ2n) is 6.17. The highest BCUT2D eigenvalue weighted by molar-refractivity contribution is 4.75. The molecular formula is C16H34N2. The summed E-state index contributed by atoms with van der Waals surface area (Å²) in [4.78, 5) is 2.47. The van der Waals surface area contributed by atoms with E-state index in [0.717, 1.165) is 18.5 Å². The van der Waals surface area contributed by atoms with E-state index < -0.39 is 0 Å². The molecular weight excluding hydrogens is 220 g/mol. The van der Waals surface area contributed by atoms with Crippen molar-refractivity contribution in [3.8, 4) is 0 Å². The van der Waals surface area contributed by atoms with Crippen molar-refractivity contribution >= 4 is 0 Å². The van der Waals surface area contributed by atoms with Crippen molar-refractivity contribution in [3.63, 3.8) is 0 Å². The maximum absolute atomic E-state index is 3.77. The molecule has 0 amide bonds. The fourth-order valence-corrected chi connectivity index (χ4v) is 2.97. The van der Waals surface area contributed by atoms with Gasteiger partial charge in [0.2, 0.25) is 0 Å². The Morgan fingerprint density at radius 1 is 1.17 bits per heavy atom. The molecule has 0 aliphatic heterocycles. The topological polar surface area (TPSA) is 15.3 Å². The lowest BCUT2D eigenvalue weighted by Gasteiger charge is -2.25. The van der Waals surface area contributed by atoms with Crippen LogP contribution in [0, 0.1) is 5.92 Å². The zero-order valence-corrected chi connectivity index (χ0v) is 13.0. The highest BCUT2D eigenvalue weighted by Gasteiger charge is 2.17. The zero-order valence-electron chi connectivity index (χ0n) is 13.0. The SMILES string of the molecule is CCC1CCCC(NCCN(C)C(C)CC)CC1. The summed E-state index contributed by atoms with van der Waals surface area (Å²) >= 11 is 0. The summed E-state index contributed by atoms with van der Waals surface area (Å²) in [5.41, 5.74) is 0. The minimum absolute atomic E-state index is 0.713. The van der Waals surface area contributed by atoms with Gasteiger partial charge in [0.25, 0.3) is 0 Å². The van der Waals surface area contributed by atoms with E-state index in [9.17, 15) is 0 Å². The molecule has 1 rings (SSSR count). The molecule has 0 aromatic heterocycles. The van der Waals surface area contributed by atoms with Crippen LogP contribution >= 0.6 is 0 Å². The minimum Gasteiger partial charge on any atom is -0.313 e. The molecule has 1 fully saturated rings. The summed E-state index contributed by atoms with van der Waals surface area (Å²) < 4.78 is 0.